The third-order valence-corrected chi connectivity index (χ3v) is 21.0. The lowest BCUT2D eigenvalue weighted by molar-refractivity contribution is 0.276. The molecule has 15 heteroatoms. The number of anilines is 6. The van der Waals surface area contributed by atoms with Crippen LogP contribution < -0.4 is 39.1 Å². The van der Waals surface area contributed by atoms with Crippen LogP contribution in [0, 0.1) is 69.2 Å². The fraction of sp³-hybridized carbons (Fsp3) is 0.429. The van der Waals surface area contributed by atoms with Crippen molar-refractivity contribution in [3.8, 4) is 5.75 Å². The normalized spacial score (nSPS) is 11.5. The summed E-state index contributed by atoms with van der Waals surface area (Å²) in [5.41, 5.74) is 70.7. The second kappa shape index (κ2) is 31.9. The lowest BCUT2D eigenvalue weighted by Gasteiger charge is -2.13. The molecule has 16 N–H and O–H groups in total. The summed E-state index contributed by atoms with van der Waals surface area (Å²) in [5, 5.41) is 25.7. The summed E-state index contributed by atoms with van der Waals surface area (Å²) in [6.45, 7) is 49.1. The quantitative estimate of drug-likeness (QED) is 0.0521. The molecule has 6 heterocycles. The second-order valence-electron chi connectivity index (χ2n) is 28.6. The molecule has 0 saturated carbocycles. The van der Waals surface area contributed by atoms with Crippen LogP contribution in [0.25, 0.3) is 65.4 Å². The van der Waals surface area contributed by atoms with Crippen LogP contribution in [0.3, 0.4) is 0 Å². The summed E-state index contributed by atoms with van der Waals surface area (Å²) < 4.78 is 14.2. The van der Waals surface area contributed by atoms with Crippen LogP contribution in [-0.2, 0) is 40.0 Å². The third-order valence-electron chi connectivity index (χ3n) is 21.0. The van der Waals surface area contributed by atoms with Crippen LogP contribution in [-0.4, -0.2) is 58.8 Å². The minimum atomic E-state index is 0.149. The van der Waals surface area contributed by atoms with Gasteiger partial charge in [0.25, 0.3) is 0 Å². The first-order chi connectivity index (χ1) is 46.6. The molecule has 0 aliphatic rings. The highest BCUT2D eigenvalue weighted by Crippen LogP contribution is 2.41. The van der Waals surface area contributed by atoms with Gasteiger partial charge < -0.3 is 77.6 Å². The van der Waals surface area contributed by atoms with E-state index < -0.39 is 0 Å². The Labute approximate surface area is 590 Å². The Morgan fingerprint density at radius 3 is 1.08 bits per heavy atom. The molecule has 0 aliphatic carbocycles. The highest BCUT2D eigenvalue weighted by molar-refractivity contribution is 6.02. The van der Waals surface area contributed by atoms with E-state index in [0.717, 1.165) is 74.7 Å². The van der Waals surface area contributed by atoms with Gasteiger partial charge in [0.15, 0.2) is 0 Å². The number of benzene rings is 6. The van der Waals surface area contributed by atoms with E-state index in [4.69, 9.17) is 39.1 Å². The Morgan fingerprint density at radius 1 is 0.364 bits per heavy atom. The maximum atomic E-state index is 9.33. The van der Waals surface area contributed by atoms with Crippen LogP contribution in [0.15, 0.2) is 72.8 Å². The number of nitrogens with two attached hydrogens (primary N) is 6. The van der Waals surface area contributed by atoms with Gasteiger partial charge in [-0.05, 0) is 215 Å². The molecule has 0 radical (unpaired) electrons. The van der Waals surface area contributed by atoms with E-state index in [-0.39, 0.29) is 13.2 Å². The van der Waals surface area contributed by atoms with Gasteiger partial charge in [-0.15, -0.1) is 0 Å². The molecule has 0 unspecified atom stereocenters. The maximum absolute atomic E-state index is 9.33. The van der Waals surface area contributed by atoms with Gasteiger partial charge >= 0.3 is 0 Å². The largest absolute Gasteiger partial charge is 0.495 e. The number of ether oxygens (including phenoxy) is 1. The number of rotatable bonds is 12. The first kappa shape index (κ1) is 77.4. The van der Waals surface area contributed by atoms with E-state index in [1.807, 2.05) is 43.3 Å². The predicted molar refractivity (Wildman–Crippen MR) is 430 cm³/mol. The molecule has 12 rings (SSSR count). The van der Waals surface area contributed by atoms with E-state index in [2.05, 4.69) is 224 Å². The van der Waals surface area contributed by atoms with E-state index in [1.165, 1.54) is 139 Å². The summed E-state index contributed by atoms with van der Waals surface area (Å²) in [5.74, 6) is 3.29. The lowest BCUT2D eigenvalue weighted by atomic mass is 9.97. The summed E-state index contributed by atoms with van der Waals surface area (Å²) in [6.07, 6.45) is 2.00. The molecule has 0 amide bonds. The summed E-state index contributed by atoms with van der Waals surface area (Å²) in [4.78, 5) is 6.72. The Kier molecular flexibility index (Phi) is 25.0. The summed E-state index contributed by atoms with van der Waals surface area (Å²) in [6, 6.07) is 24.5. The number of aryl methyl sites for hydroxylation is 10. The molecular formula is C84H120N12O3. The van der Waals surface area contributed by atoms with Crippen LogP contribution in [0.4, 0.5) is 34.1 Å². The van der Waals surface area contributed by atoms with Crippen molar-refractivity contribution < 1.29 is 14.9 Å². The number of H-pyrrole nitrogens is 2. The molecule has 12 aromatic rings. The number of aromatic nitrogens is 6. The minimum absolute atomic E-state index is 0.149. The smallest absolute Gasteiger partial charge is 0.143 e. The van der Waals surface area contributed by atoms with Gasteiger partial charge in [-0.25, -0.2) is 0 Å². The second-order valence-corrected chi connectivity index (χ2v) is 28.6. The Morgan fingerprint density at radius 2 is 0.667 bits per heavy atom. The number of hydrogen-bond donors (Lipinski definition) is 10. The van der Waals surface area contributed by atoms with Crippen molar-refractivity contribution in [3.63, 3.8) is 0 Å². The molecule has 99 heavy (non-hydrogen) atoms. The van der Waals surface area contributed by atoms with Crippen molar-refractivity contribution in [1.82, 2.24) is 28.2 Å². The molecule has 6 aromatic carbocycles. The fourth-order valence-corrected chi connectivity index (χ4v) is 14.8. The van der Waals surface area contributed by atoms with Crippen LogP contribution >= 0.6 is 0 Å². The van der Waals surface area contributed by atoms with Crippen molar-refractivity contribution in [2.45, 2.75) is 208 Å². The average molecular weight is 1350 g/mol. The first-order valence-corrected chi connectivity index (χ1v) is 35.6. The highest BCUT2D eigenvalue weighted by atomic mass is 16.5. The van der Waals surface area contributed by atoms with Gasteiger partial charge in [-0.1, -0.05) is 113 Å². The third kappa shape index (κ3) is 14.9. The van der Waals surface area contributed by atoms with Gasteiger partial charge in [0.1, 0.15) is 5.75 Å². The minimum Gasteiger partial charge on any atom is -0.495 e. The van der Waals surface area contributed by atoms with Gasteiger partial charge in [-0.2, -0.15) is 0 Å². The van der Waals surface area contributed by atoms with Gasteiger partial charge in [0.2, 0.25) is 0 Å². The van der Waals surface area contributed by atoms with E-state index in [1.54, 1.807) is 7.11 Å². The molecule has 0 fully saturated rings. The van der Waals surface area contributed by atoms with E-state index >= 15 is 0 Å². The average Bonchev–Trinajstić information content (AvgIpc) is 1.60. The number of aromatic amines is 2. The maximum Gasteiger partial charge on any atom is 0.143 e. The topological polar surface area (TPSA) is 257 Å². The zero-order valence-corrected chi connectivity index (χ0v) is 64.6. The zero-order chi connectivity index (χ0) is 73.8. The number of hydrogen-bond acceptors (Lipinski definition) is 9. The Hall–Kier alpha value is -8.92. The van der Waals surface area contributed by atoms with Crippen molar-refractivity contribution in [1.29, 1.82) is 0 Å². The number of aliphatic hydroxyl groups is 2. The van der Waals surface area contributed by atoms with Gasteiger partial charge in [0.05, 0.1) is 53.4 Å². The molecule has 0 saturated heterocycles. The van der Waals surface area contributed by atoms with E-state index in [9.17, 15) is 10.2 Å². The van der Waals surface area contributed by atoms with Crippen LogP contribution in [0.1, 0.15) is 208 Å². The lowest BCUT2D eigenvalue weighted by Crippen LogP contribution is -2.06. The van der Waals surface area contributed by atoms with Crippen LogP contribution in [0.2, 0.25) is 0 Å². The molecule has 0 atom stereocenters. The zero-order valence-electron chi connectivity index (χ0n) is 64.6. The molecule has 15 nitrogen and oxygen atoms in total. The number of aliphatic hydroxyl groups excluding tert-OH is 2. The molecule has 6 aromatic heterocycles. The predicted octanol–water partition coefficient (Wildman–Crippen LogP) is 19.3. The molecule has 0 aliphatic heterocycles. The molecule has 0 bridgehead atoms. The SMILES string of the molecule is CCc1c(C)n(C)c2c(C(C)C)ccc(N)c12.CCc1c(C)n(CCO)c2c(C(C)C)ccc(N)c12.COc1ccc(N)c2c(C)c(C)[nH]c12.Cc1[nH]c2c(C(C)C)ccc(N)c2c1C.Cc1c(C)n(C)c2c(C(C)C)ccc(N)c12.Cc1c(C)n(CCO)c2c(C(C)C)ccc(N)c12. The van der Waals surface area contributed by atoms with Crippen molar-refractivity contribution in [2.24, 2.45) is 14.1 Å². The number of fused-ring (bicyclic) bond motifs is 6. The van der Waals surface area contributed by atoms with Crippen molar-refractivity contribution in [2.75, 3.05) is 54.7 Å². The number of methoxy groups -OCH3 is 1. The summed E-state index contributed by atoms with van der Waals surface area (Å²) in [7, 11) is 5.93. The van der Waals surface area contributed by atoms with Crippen LogP contribution in [0.5, 0.6) is 5.75 Å². The monoisotopic (exact) mass is 1340 g/mol. The highest BCUT2D eigenvalue weighted by Gasteiger charge is 2.23. The summed E-state index contributed by atoms with van der Waals surface area (Å²) >= 11 is 0. The molecule has 0 spiro atoms. The standard InChI is InChI=1S/C16H24N2O.C15H22N2O.C15H22N2.C14H20N2.C13H18N2.C11H14N2O/c1-5-12-11(4)18(8-9-19)16-13(10(2)3)6-7-14(17)15(12)16;1-9(2)12-5-6-13(16)14-10(3)11(4)17(7-8-18)15(12)14;1-6-11-10(4)17(5)15-12(9(2)3)7-8-13(16)14(11)15;1-8(2)11-6-7-12(15)13-9(3)10(4)16(5)14(11)13;1-7(2)10-5-6-11(14)12-8(3)9(4)15-13(10)12;1-6-7(2)13-11-9(14-3)5-4-8(12)10(6)11/h6-7,10,19H,5,8-9,17H2,1-4H3;5-6,9,18H,7-8,16H2,1-4H3;7-9H,6,16H2,1-5H3;6-8H,15H2,1-5H3;5-7,15H,14H2,1-4H3;4-5,13H,12H2,1-3H3. The number of nitrogen functional groups attached to an aromatic ring is 6. The Bertz CT molecular complexity index is 4850. The van der Waals surface area contributed by atoms with Crippen molar-refractivity contribution in [3.05, 3.63) is 168 Å². The molecule has 534 valence electrons. The number of nitrogens with zero attached hydrogens (tertiary/aromatic N) is 4. The molecular weight excluding hydrogens is 1230 g/mol. The van der Waals surface area contributed by atoms with Crippen molar-refractivity contribution >= 4 is 99.5 Å². The van der Waals surface area contributed by atoms with E-state index in [0.29, 0.717) is 42.7 Å². The first-order valence-electron chi connectivity index (χ1n) is 35.6. The Balaban J connectivity index is 0.000000167. The van der Waals surface area contributed by atoms with Gasteiger partial charge in [-0.3, -0.25) is 0 Å². The van der Waals surface area contributed by atoms with Gasteiger partial charge in [0, 0.05) is 128 Å². The fourth-order valence-electron chi connectivity index (χ4n) is 14.8. The number of nitrogens with one attached hydrogen (secondary N) is 2.